The van der Waals surface area contributed by atoms with Crippen LogP contribution in [0.2, 0.25) is 0 Å². The number of hydrogen-bond acceptors (Lipinski definition) is 5. The van der Waals surface area contributed by atoms with Gasteiger partial charge in [-0.2, -0.15) is 8.78 Å². The number of methoxy groups -OCH3 is 1. The third-order valence-corrected chi connectivity index (χ3v) is 4.09. The molecule has 0 aliphatic heterocycles. The largest absolute Gasteiger partial charge is 0.479 e. The Morgan fingerprint density at radius 1 is 1.27 bits per heavy atom. The summed E-state index contributed by atoms with van der Waals surface area (Å²) < 4.78 is 51.7. The topological polar surface area (TPSA) is 110 Å². The number of nitrogens with one attached hydrogen (secondary N) is 1. The number of benzene rings is 1. The Morgan fingerprint density at radius 2 is 1.82 bits per heavy atom. The minimum absolute atomic E-state index is 0.00606. The molecule has 1 rings (SSSR count). The number of hydrogen-bond donors (Lipinski definition) is 2. The van der Waals surface area contributed by atoms with Gasteiger partial charge in [0.2, 0.25) is 9.84 Å². The van der Waals surface area contributed by atoms with Gasteiger partial charge in [0.15, 0.2) is 6.10 Å². The molecule has 22 heavy (non-hydrogen) atoms. The predicted octanol–water partition coefficient (Wildman–Crippen LogP) is 0.512. The van der Waals surface area contributed by atoms with Crippen molar-refractivity contribution in [3.05, 3.63) is 29.8 Å². The van der Waals surface area contributed by atoms with Crippen LogP contribution in [0.3, 0.4) is 0 Å². The molecule has 0 fully saturated rings. The second kappa shape index (κ2) is 7.27. The number of carboxylic acid groups (broad SMARTS) is 1. The molecular formula is C12H13F2NO6S. The van der Waals surface area contributed by atoms with E-state index in [0.29, 0.717) is 0 Å². The number of amides is 1. The van der Waals surface area contributed by atoms with Gasteiger partial charge in [-0.3, -0.25) is 4.79 Å². The number of carboxylic acids is 1. The fraction of sp³-hybridized carbons (Fsp3) is 0.333. The van der Waals surface area contributed by atoms with Crippen LogP contribution >= 0.6 is 0 Å². The van der Waals surface area contributed by atoms with Crippen molar-refractivity contribution in [2.45, 2.75) is 16.8 Å². The number of aliphatic carboxylic acids is 1. The highest BCUT2D eigenvalue weighted by Crippen LogP contribution is 2.18. The molecule has 0 saturated heterocycles. The van der Waals surface area contributed by atoms with Crippen LogP contribution in [0.4, 0.5) is 8.78 Å². The minimum Gasteiger partial charge on any atom is -0.479 e. The Labute approximate surface area is 124 Å². The molecule has 1 aromatic carbocycles. The first-order valence-corrected chi connectivity index (χ1v) is 7.40. The molecule has 1 unspecified atom stereocenters. The van der Waals surface area contributed by atoms with Crippen LogP contribution in [-0.4, -0.2) is 50.9 Å². The molecule has 122 valence electrons. The van der Waals surface area contributed by atoms with Crippen LogP contribution in [0.25, 0.3) is 0 Å². The lowest BCUT2D eigenvalue weighted by molar-refractivity contribution is -0.148. The molecule has 0 saturated carbocycles. The summed E-state index contributed by atoms with van der Waals surface area (Å²) in [5, 5.41) is 11.0. The molecule has 0 radical (unpaired) electrons. The van der Waals surface area contributed by atoms with Crippen LogP contribution in [0, 0.1) is 0 Å². The van der Waals surface area contributed by atoms with Crippen LogP contribution in [-0.2, 0) is 19.4 Å². The normalized spacial score (nSPS) is 12.9. The Balaban J connectivity index is 2.79. The number of rotatable bonds is 7. The zero-order chi connectivity index (χ0) is 16.9. The second-order valence-electron chi connectivity index (χ2n) is 4.10. The lowest BCUT2D eigenvalue weighted by Crippen LogP contribution is -2.37. The second-order valence-corrected chi connectivity index (χ2v) is 6.02. The Morgan fingerprint density at radius 3 is 2.23 bits per heavy atom. The van der Waals surface area contributed by atoms with Gasteiger partial charge in [0.1, 0.15) is 0 Å². The van der Waals surface area contributed by atoms with Crippen molar-refractivity contribution in [3.63, 3.8) is 0 Å². The first-order valence-electron chi connectivity index (χ1n) is 5.86. The monoisotopic (exact) mass is 337 g/mol. The average Bonchev–Trinajstić information content (AvgIpc) is 2.47. The summed E-state index contributed by atoms with van der Waals surface area (Å²) in [6.07, 6.45) is -1.23. The molecule has 0 heterocycles. The van der Waals surface area contributed by atoms with Gasteiger partial charge in [0.25, 0.3) is 5.91 Å². The maximum Gasteiger partial charge on any atom is 0.341 e. The van der Waals surface area contributed by atoms with E-state index in [1.54, 1.807) is 0 Å². The molecule has 1 atom stereocenters. The highest BCUT2D eigenvalue weighted by atomic mass is 32.2. The lowest BCUT2D eigenvalue weighted by Gasteiger charge is -2.11. The summed E-state index contributed by atoms with van der Waals surface area (Å²) in [6.45, 7) is -0.304. The fourth-order valence-corrected chi connectivity index (χ4v) is 2.18. The third kappa shape index (κ3) is 4.21. The molecule has 0 bridgehead atoms. The molecule has 0 aliphatic rings. The van der Waals surface area contributed by atoms with E-state index in [0.717, 1.165) is 31.4 Å². The quantitative estimate of drug-likeness (QED) is 0.750. The molecule has 7 nitrogen and oxygen atoms in total. The number of sulfone groups is 1. The van der Waals surface area contributed by atoms with E-state index >= 15 is 0 Å². The van der Waals surface area contributed by atoms with Crippen LogP contribution in [0.5, 0.6) is 0 Å². The highest BCUT2D eigenvalue weighted by Gasteiger charge is 2.26. The van der Waals surface area contributed by atoms with Gasteiger partial charge in [0.05, 0.1) is 11.4 Å². The number of carbonyl (C=O) groups is 2. The van der Waals surface area contributed by atoms with Crippen molar-refractivity contribution in [2.24, 2.45) is 0 Å². The van der Waals surface area contributed by atoms with Crippen molar-refractivity contribution < 1.29 is 36.6 Å². The number of ether oxygens (including phenoxy) is 1. The van der Waals surface area contributed by atoms with Crippen molar-refractivity contribution in [1.82, 2.24) is 5.32 Å². The smallest absolute Gasteiger partial charge is 0.341 e. The van der Waals surface area contributed by atoms with E-state index in [2.05, 4.69) is 10.1 Å². The molecule has 1 amide bonds. The van der Waals surface area contributed by atoms with Crippen LogP contribution in [0.15, 0.2) is 29.2 Å². The average molecular weight is 337 g/mol. The van der Waals surface area contributed by atoms with Gasteiger partial charge < -0.3 is 15.2 Å². The van der Waals surface area contributed by atoms with Gasteiger partial charge in [-0.15, -0.1) is 0 Å². The summed E-state index contributed by atoms with van der Waals surface area (Å²) >= 11 is 0. The van der Waals surface area contributed by atoms with E-state index in [1.165, 1.54) is 0 Å². The predicted molar refractivity (Wildman–Crippen MR) is 70.4 cm³/mol. The molecule has 0 aromatic heterocycles. The van der Waals surface area contributed by atoms with E-state index in [4.69, 9.17) is 5.11 Å². The SMILES string of the molecule is COC(CNC(=O)c1ccc(S(=O)(=O)C(F)F)cc1)C(=O)O. The van der Waals surface area contributed by atoms with Crippen molar-refractivity contribution in [3.8, 4) is 0 Å². The van der Waals surface area contributed by atoms with Gasteiger partial charge >= 0.3 is 11.7 Å². The van der Waals surface area contributed by atoms with Crippen molar-refractivity contribution >= 4 is 21.7 Å². The maximum atomic E-state index is 12.3. The van der Waals surface area contributed by atoms with Crippen LogP contribution in [0.1, 0.15) is 10.4 Å². The summed E-state index contributed by atoms with van der Waals surface area (Å²) in [5.41, 5.74) is -0.00606. The van der Waals surface area contributed by atoms with Crippen molar-refractivity contribution in [1.29, 1.82) is 0 Å². The number of alkyl halides is 2. The molecule has 0 aliphatic carbocycles. The molecule has 10 heteroatoms. The van der Waals surface area contributed by atoms with Gasteiger partial charge in [0, 0.05) is 12.7 Å². The number of carbonyl (C=O) groups excluding carboxylic acids is 1. The van der Waals surface area contributed by atoms with E-state index in [-0.39, 0.29) is 12.1 Å². The highest BCUT2D eigenvalue weighted by molar-refractivity contribution is 7.91. The fourth-order valence-electron chi connectivity index (χ4n) is 1.46. The maximum absolute atomic E-state index is 12.3. The number of halogens is 2. The standard InChI is InChI=1S/C12H13F2NO6S/c1-21-9(11(17)18)6-15-10(16)7-2-4-8(5-3-7)22(19,20)12(13)14/h2-5,9,12H,6H2,1H3,(H,15,16)(H,17,18). The Kier molecular flexibility index (Phi) is 5.94. The van der Waals surface area contributed by atoms with Gasteiger partial charge in [-0.25, -0.2) is 13.2 Å². The first kappa shape index (κ1) is 18.0. The van der Waals surface area contributed by atoms with Crippen molar-refractivity contribution in [2.75, 3.05) is 13.7 Å². The van der Waals surface area contributed by atoms with E-state index < -0.39 is 38.5 Å². The lowest BCUT2D eigenvalue weighted by atomic mass is 10.2. The summed E-state index contributed by atoms with van der Waals surface area (Å²) in [7, 11) is -3.56. The van der Waals surface area contributed by atoms with Gasteiger partial charge in [-0.05, 0) is 24.3 Å². The zero-order valence-corrected chi connectivity index (χ0v) is 12.1. The zero-order valence-electron chi connectivity index (χ0n) is 11.3. The minimum atomic E-state index is -4.72. The summed E-state index contributed by atoms with van der Waals surface area (Å²) in [5.74, 6) is -5.50. The Hall–Kier alpha value is -2.07. The summed E-state index contributed by atoms with van der Waals surface area (Å²) in [6, 6.07) is 3.85. The first-order chi connectivity index (χ1) is 10.2. The van der Waals surface area contributed by atoms with Crippen LogP contribution < -0.4 is 5.32 Å². The van der Waals surface area contributed by atoms with Gasteiger partial charge in [-0.1, -0.05) is 0 Å². The Bertz CT molecular complexity index is 644. The molecule has 1 aromatic rings. The van der Waals surface area contributed by atoms with E-state index in [1.807, 2.05) is 0 Å². The molecule has 0 spiro atoms. The molecule has 2 N–H and O–H groups in total. The third-order valence-electron chi connectivity index (χ3n) is 2.69. The summed E-state index contributed by atoms with van der Waals surface area (Å²) in [4.78, 5) is 21.8. The van der Waals surface area contributed by atoms with E-state index in [9.17, 15) is 26.8 Å². The molecular weight excluding hydrogens is 324 g/mol.